The lowest BCUT2D eigenvalue weighted by molar-refractivity contribution is -0.184. The van der Waals surface area contributed by atoms with Crippen molar-refractivity contribution >= 4 is 47.6 Å². The smallest absolute Gasteiger partial charge is 0.324 e. The number of Topliss-reactive ketones (excluding diaryl/α,β-unsaturated/α-hetero) is 1. The molecule has 0 aliphatic heterocycles. The molecule has 4 unspecified atom stereocenters. The minimum absolute atomic E-state index is 0.0150. The van der Waals surface area contributed by atoms with Crippen LogP contribution in [0.25, 0.3) is 0 Å². The van der Waals surface area contributed by atoms with Gasteiger partial charge in [-0.3, -0.25) is 44.1 Å². The van der Waals surface area contributed by atoms with Crippen molar-refractivity contribution in [1.82, 2.24) is 5.48 Å². The van der Waals surface area contributed by atoms with Crippen LogP contribution in [0, 0.1) is 0 Å². The minimum atomic E-state index is -1.44. The second-order valence-electron chi connectivity index (χ2n) is 20.8. The van der Waals surface area contributed by atoms with Gasteiger partial charge >= 0.3 is 41.8 Å². The van der Waals surface area contributed by atoms with E-state index in [1.807, 2.05) is 13.8 Å². The Morgan fingerprint density at radius 3 is 1.30 bits per heavy atom. The summed E-state index contributed by atoms with van der Waals surface area (Å²) < 4.78 is 43.4. The number of nitrogens with two attached hydrogens (primary N) is 1. The number of aliphatic hydroxyl groups excluding tert-OH is 1. The van der Waals surface area contributed by atoms with Gasteiger partial charge in [0, 0.05) is 70.9 Å². The van der Waals surface area contributed by atoms with Crippen molar-refractivity contribution in [3.05, 3.63) is 0 Å². The molecular weight excluding hydrogens is 1040 g/mol. The third-order valence-electron chi connectivity index (χ3n) is 13.1. The maximum Gasteiger partial charge on any atom is 0.324 e. The topological polar surface area (TPSA) is 278 Å². The molecular formula is C60H108N2O18. The summed E-state index contributed by atoms with van der Waals surface area (Å²) in [7, 11) is 1.36. The van der Waals surface area contributed by atoms with E-state index in [0.717, 1.165) is 103 Å². The average Bonchev–Trinajstić information content (AvgIpc) is 3.43. The normalized spacial score (nSPS) is 12.7. The molecule has 80 heavy (non-hydrogen) atoms. The first-order chi connectivity index (χ1) is 38.7. The highest BCUT2D eigenvalue weighted by Gasteiger charge is 2.22. The molecule has 0 spiro atoms. The third kappa shape index (κ3) is 51.9. The largest absolute Gasteiger partial charge is 0.469 e. The summed E-state index contributed by atoms with van der Waals surface area (Å²) in [5, 5.41) is 10.6. The summed E-state index contributed by atoms with van der Waals surface area (Å²) in [5.74, 6) is -2.73. The quantitative estimate of drug-likeness (QED) is 0.0168. The van der Waals surface area contributed by atoms with E-state index < -0.39 is 54.6 Å². The van der Waals surface area contributed by atoms with Gasteiger partial charge in [-0.15, -0.1) is 0 Å². The lowest BCUT2D eigenvalue weighted by Gasteiger charge is -2.21. The zero-order valence-corrected chi connectivity index (χ0v) is 49.9. The van der Waals surface area contributed by atoms with Crippen molar-refractivity contribution in [3.63, 3.8) is 0 Å². The molecule has 4 atom stereocenters. The van der Waals surface area contributed by atoms with Crippen molar-refractivity contribution in [1.29, 1.82) is 0 Å². The Labute approximate surface area is 479 Å². The van der Waals surface area contributed by atoms with Crippen molar-refractivity contribution in [2.75, 3.05) is 46.7 Å². The number of carbonyl (C=O) groups is 8. The van der Waals surface area contributed by atoms with E-state index in [1.54, 1.807) is 0 Å². The van der Waals surface area contributed by atoms with Crippen molar-refractivity contribution in [2.24, 2.45) is 5.73 Å². The first-order valence-electron chi connectivity index (χ1n) is 30.8. The molecule has 0 saturated carbocycles. The zero-order chi connectivity index (χ0) is 59.1. The number of ketones is 1. The number of nitrogens with one attached hydrogen (secondary N) is 1. The molecule has 0 aromatic carbocycles. The van der Waals surface area contributed by atoms with Gasteiger partial charge in [-0.1, -0.05) is 130 Å². The molecule has 0 fully saturated rings. The second kappa shape index (κ2) is 55.3. The van der Waals surface area contributed by atoms with Gasteiger partial charge in [-0.25, -0.2) is 0 Å². The Morgan fingerprint density at radius 1 is 0.412 bits per heavy atom. The summed E-state index contributed by atoms with van der Waals surface area (Å²) in [5.41, 5.74) is 8.36. The highest BCUT2D eigenvalue weighted by molar-refractivity contribution is 5.78. The molecule has 20 heteroatoms. The van der Waals surface area contributed by atoms with Gasteiger partial charge in [0.05, 0.1) is 20.1 Å². The molecule has 0 radical (unpaired) electrons. The number of hydrogen-bond acceptors (Lipinski definition) is 20. The fraction of sp³-hybridized carbons (Fsp3) is 0.867. The van der Waals surface area contributed by atoms with Crippen LogP contribution in [0.3, 0.4) is 0 Å². The molecule has 0 heterocycles. The van der Waals surface area contributed by atoms with Gasteiger partial charge in [-0.05, 0) is 70.6 Å². The number of carbonyl (C=O) groups excluding carboxylic acids is 8. The molecule has 0 rings (SSSR count). The van der Waals surface area contributed by atoms with E-state index in [0.29, 0.717) is 76.5 Å². The van der Waals surface area contributed by atoms with E-state index >= 15 is 0 Å². The van der Waals surface area contributed by atoms with E-state index in [-0.39, 0.29) is 89.9 Å². The highest BCUT2D eigenvalue weighted by Crippen LogP contribution is 2.16. The van der Waals surface area contributed by atoms with Gasteiger partial charge in [0.2, 0.25) is 0 Å². The average molecular weight is 1150 g/mol. The van der Waals surface area contributed by atoms with E-state index in [9.17, 15) is 43.5 Å². The molecule has 0 aromatic heterocycles. The number of methoxy groups -OCH3 is 1. The fourth-order valence-corrected chi connectivity index (χ4v) is 8.25. The van der Waals surface area contributed by atoms with Crippen LogP contribution in [0.15, 0.2) is 0 Å². The Kier molecular flexibility index (Phi) is 52.4. The van der Waals surface area contributed by atoms with Crippen molar-refractivity contribution < 1.29 is 86.2 Å². The predicted molar refractivity (Wildman–Crippen MR) is 302 cm³/mol. The molecule has 0 aliphatic carbocycles. The van der Waals surface area contributed by atoms with Gasteiger partial charge in [0.15, 0.2) is 18.6 Å². The monoisotopic (exact) mass is 1140 g/mol. The molecule has 466 valence electrons. The van der Waals surface area contributed by atoms with Gasteiger partial charge in [-0.2, -0.15) is 5.48 Å². The Hall–Kier alpha value is -4.24. The first kappa shape index (κ1) is 75.8. The number of esters is 6. The van der Waals surface area contributed by atoms with Crippen LogP contribution in [-0.4, -0.2) is 124 Å². The molecule has 0 bridgehead atoms. The van der Waals surface area contributed by atoms with Crippen LogP contribution < -0.4 is 11.2 Å². The third-order valence-corrected chi connectivity index (χ3v) is 13.1. The number of hydrogen-bond donors (Lipinski definition) is 3. The summed E-state index contributed by atoms with van der Waals surface area (Å²) >= 11 is 0. The maximum absolute atomic E-state index is 12.9. The molecule has 0 aromatic rings. The van der Waals surface area contributed by atoms with E-state index in [1.165, 1.54) is 39.2 Å². The van der Waals surface area contributed by atoms with Crippen molar-refractivity contribution in [2.45, 2.75) is 289 Å². The van der Waals surface area contributed by atoms with Crippen molar-refractivity contribution in [3.8, 4) is 0 Å². The Balaban J connectivity index is 5.02. The first-order valence-corrected chi connectivity index (χ1v) is 30.8. The number of aliphatic hydroxyl groups is 1. The highest BCUT2D eigenvalue weighted by atomic mass is 16.7. The lowest BCUT2D eigenvalue weighted by Crippen LogP contribution is -2.33. The Morgan fingerprint density at radius 2 is 0.825 bits per heavy atom. The molecule has 20 nitrogen and oxygen atoms in total. The number of hydroxylamine groups is 1. The summed E-state index contributed by atoms with van der Waals surface area (Å²) in [4.78, 5) is 104. The number of rotatable bonds is 58. The predicted octanol–water partition coefficient (Wildman–Crippen LogP) is 10.7. The summed E-state index contributed by atoms with van der Waals surface area (Å²) in [6, 6.07) is 0. The number of unbranched alkanes of at least 4 members (excludes halogenated alkanes) is 20. The van der Waals surface area contributed by atoms with E-state index in [4.69, 9.17) is 43.7 Å². The maximum atomic E-state index is 12.9. The Bertz CT molecular complexity index is 1600. The standard InChI is InChI=1S/C60H108N2O18/c1-5-8-10-11-12-16-23-33-49(63)34-24-17-13-19-26-37-55(66)75-47-51(78-59(70)41-42-60(71)80-62-43-9-6-2)48-76-56(67)38-30-31-44-73-45-50(46-74-54(65)36-27-20-14-18-25-35-53(64)72-4)77-57(68)39-28-21-15-22-29-40-58(69)79-52(61)32-7-3/h50-52,59,62,70H,5-48,61H2,1-4H3. The van der Waals surface area contributed by atoms with Gasteiger partial charge in [0.25, 0.3) is 0 Å². The van der Waals surface area contributed by atoms with Crippen LogP contribution in [0.1, 0.15) is 265 Å². The van der Waals surface area contributed by atoms with Gasteiger partial charge < -0.3 is 47.8 Å². The summed E-state index contributed by atoms with van der Waals surface area (Å²) in [6.07, 6.45) is 22.1. The van der Waals surface area contributed by atoms with Gasteiger partial charge in [0.1, 0.15) is 31.7 Å². The molecule has 0 aliphatic rings. The van der Waals surface area contributed by atoms with E-state index in [2.05, 4.69) is 17.1 Å². The molecule has 0 amide bonds. The second-order valence-corrected chi connectivity index (χ2v) is 20.8. The van der Waals surface area contributed by atoms with Crippen LogP contribution >= 0.6 is 0 Å². The van der Waals surface area contributed by atoms with Crippen LogP contribution in [0.2, 0.25) is 0 Å². The SMILES string of the molecule is CCCCCCCCCC(=O)CCCCCCCC(=O)OCC(COC(=O)CCCCOCC(COC(=O)CCCCCCCC(=O)OC)OC(=O)CCCCCCCC(=O)OC(N)CCC)OC(O)CCC(=O)ONCCCC. The van der Waals surface area contributed by atoms with Crippen LogP contribution in [0.4, 0.5) is 0 Å². The molecule has 0 saturated heterocycles. The summed E-state index contributed by atoms with van der Waals surface area (Å²) in [6.45, 7) is 6.02. The fourth-order valence-electron chi connectivity index (χ4n) is 8.25. The number of ether oxygens (including phenoxy) is 8. The minimum Gasteiger partial charge on any atom is -0.469 e. The van der Waals surface area contributed by atoms with Crippen LogP contribution in [-0.2, 0) is 81.1 Å². The lowest BCUT2D eigenvalue weighted by atomic mass is 10.0. The zero-order valence-electron chi connectivity index (χ0n) is 49.9. The van der Waals surface area contributed by atoms with Crippen LogP contribution in [0.5, 0.6) is 0 Å². The molecule has 4 N–H and O–H groups in total.